The third-order valence-electron chi connectivity index (χ3n) is 4.56. The van der Waals surface area contributed by atoms with Crippen molar-refractivity contribution < 1.29 is 14.3 Å². The van der Waals surface area contributed by atoms with Crippen LogP contribution in [-0.2, 0) is 4.74 Å². The second kappa shape index (κ2) is 9.01. The molecular weight excluding hydrogens is 366 g/mol. The highest BCUT2D eigenvalue weighted by molar-refractivity contribution is 6.08. The van der Waals surface area contributed by atoms with Crippen LogP contribution >= 0.6 is 0 Å². The van der Waals surface area contributed by atoms with E-state index in [0.717, 1.165) is 11.3 Å². The molecule has 3 aromatic rings. The molecule has 0 fully saturated rings. The molecule has 2 N–H and O–H groups in total. The maximum Gasteiger partial charge on any atom is 0.340 e. The Hall–Kier alpha value is -3.67. The summed E-state index contributed by atoms with van der Waals surface area (Å²) in [5.74, 6) is -0.256. The summed E-state index contributed by atoms with van der Waals surface area (Å²) in [6, 6.07) is 16.0. The van der Waals surface area contributed by atoms with Crippen molar-refractivity contribution in [3.05, 3.63) is 83.0 Å². The van der Waals surface area contributed by atoms with Crippen LogP contribution in [0.3, 0.4) is 0 Å². The molecule has 0 saturated heterocycles. The van der Waals surface area contributed by atoms with Crippen LogP contribution in [0, 0.1) is 13.8 Å². The maximum absolute atomic E-state index is 12.8. The van der Waals surface area contributed by atoms with Crippen molar-refractivity contribution in [1.29, 1.82) is 0 Å². The lowest BCUT2D eigenvalue weighted by Gasteiger charge is -2.13. The highest BCUT2D eigenvalue weighted by Gasteiger charge is 2.15. The Morgan fingerprint density at radius 2 is 1.76 bits per heavy atom. The Kier molecular flexibility index (Phi) is 6.24. The zero-order valence-electron chi connectivity index (χ0n) is 16.7. The van der Waals surface area contributed by atoms with Crippen LogP contribution < -0.4 is 10.6 Å². The average Bonchev–Trinajstić information content (AvgIpc) is 2.72. The number of aryl methyl sites for hydroxylation is 1. The van der Waals surface area contributed by atoms with E-state index in [1.165, 1.54) is 5.56 Å². The zero-order valence-corrected chi connectivity index (χ0v) is 16.7. The average molecular weight is 389 g/mol. The van der Waals surface area contributed by atoms with Crippen LogP contribution in [0.5, 0.6) is 0 Å². The zero-order chi connectivity index (χ0) is 20.8. The number of pyridine rings is 1. The fraction of sp³-hybridized carbons (Fsp3) is 0.174. The molecule has 0 aliphatic heterocycles. The number of carbonyl (C=O) groups excluding carboxylic acids is 2. The molecule has 1 amide bonds. The van der Waals surface area contributed by atoms with Crippen molar-refractivity contribution in [2.24, 2.45) is 0 Å². The summed E-state index contributed by atoms with van der Waals surface area (Å²) >= 11 is 0. The summed E-state index contributed by atoms with van der Waals surface area (Å²) in [5, 5.41) is 6.04. The maximum atomic E-state index is 12.8. The van der Waals surface area contributed by atoms with Gasteiger partial charge in [0.25, 0.3) is 5.91 Å². The molecule has 0 aliphatic carbocycles. The molecule has 2 aromatic carbocycles. The van der Waals surface area contributed by atoms with E-state index in [-0.39, 0.29) is 12.5 Å². The minimum atomic E-state index is -0.476. The second-order valence-electron chi connectivity index (χ2n) is 6.52. The van der Waals surface area contributed by atoms with Gasteiger partial charge in [0.15, 0.2) is 0 Å². The number of ether oxygens (including phenoxy) is 1. The summed E-state index contributed by atoms with van der Waals surface area (Å²) in [5.41, 5.74) is 4.35. The van der Waals surface area contributed by atoms with E-state index in [2.05, 4.69) is 15.6 Å². The SMILES string of the molecule is CCOC(=O)c1ccccc1NC(=O)c1ccnc(Nc2cccc(C)c2C)c1. The number of anilines is 3. The lowest BCUT2D eigenvalue weighted by Crippen LogP contribution is -2.16. The van der Waals surface area contributed by atoms with Crippen molar-refractivity contribution in [3.8, 4) is 0 Å². The molecule has 29 heavy (non-hydrogen) atoms. The van der Waals surface area contributed by atoms with Crippen molar-refractivity contribution >= 4 is 29.1 Å². The van der Waals surface area contributed by atoms with Gasteiger partial charge >= 0.3 is 5.97 Å². The Labute approximate surface area is 169 Å². The van der Waals surface area contributed by atoms with Crippen LogP contribution in [-0.4, -0.2) is 23.5 Å². The van der Waals surface area contributed by atoms with Gasteiger partial charge in [-0.25, -0.2) is 9.78 Å². The molecule has 0 atom stereocenters. The first-order chi connectivity index (χ1) is 14.0. The summed E-state index contributed by atoms with van der Waals surface area (Å²) in [6.45, 7) is 6.07. The number of hydrogen-bond donors (Lipinski definition) is 2. The predicted octanol–water partition coefficient (Wildman–Crippen LogP) is 4.87. The molecular formula is C23H23N3O3. The van der Waals surface area contributed by atoms with Crippen molar-refractivity contribution in [3.63, 3.8) is 0 Å². The number of rotatable bonds is 6. The minimum absolute atomic E-state index is 0.263. The van der Waals surface area contributed by atoms with E-state index in [9.17, 15) is 9.59 Å². The summed E-state index contributed by atoms with van der Waals surface area (Å²) in [7, 11) is 0. The number of para-hydroxylation sites is 1. The first-order valence-electron chi connectivity index (χ1n) is 9.36. The Morgan fingerprint density at radius 3 is 2.55 bits per heavy atom. The molecule has 0 bridgehead atoms. The lowest BCUT2D eigenvalue weighted by molar-refractivity contribution is 0.0527. The monoisotopic (exact) mass is 389 g/mol. The third kappa shape index (κ3) is 4.79. The molecule has 0 unspecified atom stereocenters. The van der Waals surface area contributed by atoms with Crippen molar-refractivity contribution in [1.82, 2.24) is 4.98 Å². The second-order valence-corrected chi connectivity index (χ2v) is 6.52. The molecule has 0 saturated carbocycles. The molecule has 0 aliphatic rings. The number of nitrogens with zero attached hydrogens (tertiary/aromatic N) is 1. The van der Waals surface area contributed by atoms with Crippen molar-refractivity contribution in [2.45, 2.75) is 20.8 Å². The van der Waals surface area contributed by atoms with E-state index in [1.54, 1.807) is 49.5 Å². The van der Waals surface area contributed by atoms with Crippen LogP contribution in [0.2, 0.25) is 0 Å². The van der Waals surface area contributed by atoms with Gasteiger partial charge in [0.2, 0.25) is 0 Å². The number of aromatic nitrogens is 1. The van der Waals surface area contributed by atoms with Crippen LogP contribution in [0.25, 0.3) is 0 Å². The summed E-state index contributed by atoms with van der Waals surface area (Å²) in [6.07, 6.45) is 1.57. The highest BCUT2D eigenvalue weighted by Crippen LogP contribution is 2.23. The van der Waals surface area contributed by atoms with Gasteiger partial charge in [-0.05, 0) is 62.2 Å². The number of benzene rings is 2. The van der Waals surface area contributed by atoms with Crippen LogP contribution in [0.15, 0.2) is 60.8 Å². The fourth-order valence-electron chi connectivity index (χ4n) is 2.84. The third-order valence-corrected chi connectivity index (χ3v) is 4.56. The molecule has 6 heteroatoms. The first-order valence-corrected chi connectivity index (χ1v) is 9.36. The van der Waals surface area contributed by atoms with Gasteiger partial charge in [-0.15, -0.1) is 0 Å². The van der Waals surface area contributed by atoms with E-state index >= 15 is 0 Å². The quantitative estimate of drug-likeness (QED) is 0.588. The summed E-state index contributed by atoms with van der Waals surface area (Å²) < 4.78 is 5.05. The summed E-state index contributed by atoms with van der Waals surface area (Å²) in [4.78, 5) is 29.2. The van der Waals surface area contributed by atoms with E-state index < -0.39 is 5.97 Å². The first kappa shape index (κ1) is 20.1. The molecule has 1 aromatic heterocycles. The largest absolute Gasteiger partial charge is 0.462 e. The van der Waals surface area contributed by atoms with Gasteiger partial charge in [0.1, 0.15) is 5.82 Å². The number of esters is 1. The minimum Gasteiger partial charge on any atom is -0.462 e. The number of amides is 1. The Balaban J connectivity index is 1.80. The molecule has 0 radical (unpaired) electrons. The smallest absolute Gasteiger partial charge is 0.340 e. The lowest BCUT2D eigenvalue weighted by atomic mass is 10.1. The van der Waals surface area contributed by atoms with Gasteiger partial charge in [-0.1, -0.05) is 24.3 Å². The molecule has 6 nitrogen and oxygen atoms in total. The molecule has 3 rings (SSSR count). The Morgan fingerprint density at radius 1 is 1.00 bits per heavy atom. The van der Waals surface area contributed by atoms with Gasteiger partial charge in [0, 0.05) is 17.4 Å². The van der Waals surface area contributed by atoms with Gasteiger partial charge in [0.05, 0.1) is 17.9 Å². The Bertz CT molecular complexity index is 1050. The molecule has 0 spiro atoms. The molecule has 148 valence electrons. The predicted molar refractivity (Wildman–Crippen MR) is 114 cm³/mol. The fourth-order valence-corrected chi connectivity index (χ4v) is 2.84. The number of carbonyl (C=O) groups is 2. The normalized spacial score (nSPS) is 10.3. The van der Waals surface area contributed by atoms with Gasteiger partial charge in [-0.2, -0.15) is 0 Å². The van der Waals surface area contributed by atoms with Gasteiger partial charge in [-0.3, -0.25) is 4.79 Å². The van der Waals surface area contributed by atoms with E-state index in [4.69, 9.17) is 4.74 Å². The van der Waals surface area contributed by atoms with Gasteiger partial charge < -0.3 is 15.4 Å². The number of hydrogen-bond acceptors (Lipinski definition) is 5. The van der Waals surface area contributed by atoms with Crippen molar-refractivity contribution in [2.75, 3.05) is 17.2 Å². The highest BCUT2D eigenvalue weighted by atomic mass is 16.5. The van der Waals surface area contributed by atoms with Crippen LogP contribution in [0.4, 0.5) is 17.2 Å². The topological polar surface area (TPSA) is 80.3 Å². The molecule has 1 heterocycles. The number of nitrogens with one attached hydrogen (secondary N) is 2. The van der Waals surface area contributed by atoms with E-state index in [1.807, 2.05) is 32.0 Å². The van der Waals surface area contributed by atoms with E-state index in [0.29, 0.717) is 22.6 Å². The van der Waals surface area contributed by atoms with Crippen LogP contribution in [0.1, 0.15) is 38.8 Å². The standard InChI is InChI=1S/C23H23N3O3/c1-4-29-23(28)18-9-5-6-10-20(18)26-22(27)17-12-13-24-21(14-17)25-19-11-7-8-15(2)16(19)3/h5-14H,4H2,1-3H3,(H,24,25)(H,26,27).